The lowest BCUT2D eigenvalue weighted by atomic mass is 10.1. The molecule has 1 atom stereocenters. The normalized spacial score (nSPS) is 16.2. The molecule has 3 aromatic carbocycles. The molecule has 0 unspecified atom stereocenters. The Kier molecular flexibility index (Phi) is 6.72. The lowest BCUT2D eigenvalue weighted by Gasteiger charge is -2.25. The maximum atomic E-state index is 13.4. The van der Waals surface area contributed by atoms with Gasteiger partial charge >= 0.3 is 0 Å². The van der Waals surface area contributed by atoms with Crippen molar-refractivity contribution in [2.24, 2.45) is 0 Å². The van der Waals surface area contributed by atoms with Crippen molar-refractivity contribution in [2.75, 3.05) is 10.7 Å². The Hall–Kier alpha value is -1.54. The SMILES string of the molecule is O=C1CS[C@@H](c2cc(Br)c(OCc3cccc(F)c3)c(Br)c2)N1c1ccc(Cl)cc1. The van der Waals surface area contributed by atoms with Crippen LogP contribution in [0.1, 0.15) is 16.5 Å². The Balaban J connectivity index is 1.58. The summed E-state index contributed by atoms with van der Waals surface area (Å²) >= 11 is 14.7. The quantitative estimate of drug-likeness (QED) is 0.321. The predicted octanol–water partition coefficient (Wildman–Crippen LogP) is 7.36. The molecule has 0 aliphatic carbocycles. The molecule has 0 saturated carbocycles. The minimum Gasteiger partial charge on any atom is -0.487 e. The van der Waals surface area contributed by atoms with E-state index in [1.807, 2.05) is 30.3 Å². The van der Waals surface area contributed by atoms with E-state index < -0.39 is 0 Å². The fourth-order valence-electron chi connectivity index (χ4n) is 3.19. The zero-order valence-corrected chi connectivity index (χ0v) is 20.2. The third-order valence-corrected chi connectivity index (χ3v) is 7.19. The van der Waals surface area contributed by atoms with Crippen molar-refractivity contribution in [3.05, 3.63) is 91.6 Å². The van der Waals surface area contributed by atoms with E-state index in [2.05, 4.69) is 31.9 Å². The fourth-order valence-corrected chi connectivity index (χ4v) is 5.93. The molecule has 1 saturated heterocycles. The van der Waals surface area contributed by atoms with E-state index in [0.717, 1.165) is 25.8 Å². The largest absolute Gasteiger partial charge is 0.487 e. The summed E-state index contributed by atoms with van der Waals surface area (Å²) in [5.41, 5.74) is 2.50. The minimum atomic E-state index is -0.296. The van der Waals surface area contributed by atoms with Crippen molar-refractivity contribution in [3.8, 4) is 5.75 Å². The van der Waals surface area contributed by atoms with Crippen molar-refractivity contribution >= 4 is 66.8 Å². The van der Waals surface area contributed by atoms with Crippen molar-refractivity contribution in [1.29, 1.82) is 0 Å². The van der Waals surface area contributed by atoms with Gasteiger partial charge in [-0.1, -0.05) is 23.7 Å². The van der Waals surface area contributed by atoms with Crippen LogP contribution in [0.15, 0.2) is 69.6 Å². The Morgan fingerprint density at radius 1 is 1.10 bits per heavy atom. The van der Waals surface area contributed by atoms with Gasteiger partial charge in [0.25, 0.3) is 0 Å². The van der Waals surface area contributed by atoms with Crippen molar-refractivity contribution in [1.82, 2.24) is 0 Å². The second kappa shape index (κ2) is 9.30. The summed E-state index contributed by atoms with van der Waals surface area (Å²) < 4.78 is 20.8. The summed E-state index contributed by atoms with van der Waals surface area (Å²) in [5.74, 6) is 0.775. The van der Waals surface area contributed by atoms with Crippen molar-refractivity contribution in [2.45, 2.75) is 12.0 Å². The lowest BCUT2D eigenvalue weighted by Crippen LogP contribution is -2.27. The molecule has 1 amide bonds. The molecule has 0 bridgehead atoms. The molecular weight excluding hydrogens is 557 g/mol. The Morgan fingerprint density at radius 3 is 2.47 bits per heavy atom. The second-order valence-electron chi connectivity index (χ2n) is 6.64. The van der Waals surface area contributed by atoms with Crippen LogP contribution in [0.25, 0.3) is 0 Å². The second-order valence-corrected chi connectivity index (χ2v) is 9.85. The van der Waals surface area contributed by atoms with Gasteiger partial charge in [-0.2, -0.15) is 0 Å². The van der Waals surface area contributed by atoms with Gasteiger partial charge in [0.15, 0.2) is 0 Å². The van der Waals surface area contributed by atoms with E-state index in [0.29, 0.717) is 16.5 Å². The zero-order chi connectivity index (χ0) is 21.3. The number of rotatable bonds is 5. The van der Waals surface area contributed by atoms with E-state index in [1.165, 1.54) is 12.1 Å². The highest BCUT2D eigenvalue weighted by molar-refractivity contribution is 9.11. The number of nitrogens with zero attached hydrogens (tertiary/aromatic N) is 1. The zero-order valence-electron chi connectivity index (χ0n) is 15.4. The summed E-state index contributed by atoms with van der Waals surface area (Å²) in [5, 5.41) is 0.462. The molecule has 1 fully saturated rings. The Morgan fingerprint density at radius 2 is 1.80 bits per heavy atom. The highest BCUT2D eigenvalue weighted by Crippen LogP contribution is 2.45. The summed E-state index contributed by atoms with van der Waals surface area (Å²) in [6.07, 6.45) is 0. The minimum absolute atomic E-state index is 0.0472. The van der Waals surface area contributed by atoms with Crippen LogP contribution in [0.2, 0.25) is 5.02 Å². The molecule has 8 heteroatoms. The van der Waals surface area contributed by atoms with Gasteiger partial charge in [-0.05, 0) is 91.5 Å². The predicted molar refractivity (Wildman–Crippen MR) is 127 cm³/mol. The molecule has 3 aromatic rings. The van der Waals surface area contributed by atoms with Crippen LogP contribution in [0.4, 0.5) is 10.1 Å². The smallest absolute Gasteiger partial charge is 0.238 e. The molecule has 30 heavy (non-hydrogen) atoms. The topological polar surface area (TPSA) is 29.5 Å². The first-order valence-corrected chi connectivity index (χ1v) is 12.0. The van der Waals surface area contributed by atoms with Crippen LogP contribution >= 0.6 is 55.2 Å². The lowest BCUT2D eigenvalue weighted by molar-refractivity contribution is -0.115. The number of thioether (sulfide) groups is 1. The van der Waals surface area contributed by atoms with E-state index in [1.54, 1.807) is 34.9 Å². The highest BCUT2D eigenvalue weighted by Gasteiger charge is 2.34. The van der Waals surface area contributed by atoms with Crippen LogP contribution < -0.4 is 9.64 Å². The molecule has 0 N–H and O–H groups in total. The number of carbonyl (C=O) groups is 1. The average molecular weight is 572 g/mol. The summed E-state index contributed by atoms with van der Waals surface area (Å²) in [7, 11) is 0. The number of anilines is 1. The Labute approximate surface area is 199 Å². The summed E-state index contributed by atoms with van der Waals surface area (Å²) in [6, 6.07) is 17.5. The fraction of sp³-hybridized carbons (Fsp3) is 0.136. The van der Waals surface area contributed by atoms with Crippen molar-refractivity contribution in [3.63, 3.8) is 0 Å². The number of carbonyl (C=O) groups excluding carboxylic acids is 1. The monoisotopic (exact) mass is 569 g/mol. The first-order valence-electron chi connectivity index (χ1n) is 8.98. The van der Waals surface area contributed by atoms with E-state index in [-0.39, 0.29) is 23.7 Å². The van der Waals surface area contributed by atoms with Gasteiger partial charge in [-0.15, -0.1) is 11.8 Å². The van der Waals surface area contributed by atoms with E-state index >= 15 is 0 Å². The van der Waals surface area contributed by atoms with Crippen LogP contribution in [0.5, 0.6) is 5.75 Å². The van der Waals surface area contributed by atoms with Gasteiger partial charge in [-0.25, -0.2) is 4.39 Å². The van der Waals surface area contributed by atoms with Gasteiger partial charge in [0.1, 0.15) is 23.5 Å². The van der Waals surface area contributed by atoms with Gasteiger partial charge < -0.3 is 4.74 Å². The van der Waals surface area contributed by atoms with Gasteiger partial charge in [-0.3, -0.25) is 9.69 Å². The number of amides is 1. The molecule has 1 aliphatic rings. The molecule has 0 spiro atoms. The molecule has 154 valence electrons. The van der Waals surface area contributed by atoms with E-state index in [9.17, 15) is 9.18 Å². The Bertz CT molecular complexity index is 1070. The van der Waals surface area contributed by atoms with Crippen LogP contribution in [0, 0.1) is 5.82 Å². The maximum absolute atomic E-state index is 13.4. The first-order chi connectivity index (χ1) is 14.4. The molecule has 4 rings (SSSR count). The van der Waals surface area contributed by atoms with Crippen LogP contribution in [0.3, 0.4) is 0 Å². The number of hydrogen-bond acceptors (Lipinski definition) is 3. The average Bonchev–Trinajstić information content (AvgIpc) is 3.09. The molecular formula is C22H15Br2ClFNO2S. The third-order valence-electron chi connectivity index (χ3n) is 4.55. The van der Waals surface area contributed by atoms with Crippen LogP contribution in [-0.2, 0) is 11.4 Å². The number of benzene rings is 3. The molecule has 0 radical (unpaired) electrons. The summed E-state index contributed by atoms with van der Waals surface area (Å²) in [6.45, 7) is 0.238. The van der Waals surface area contributed by atoms with Crippen molar-refractivity contribution < 1.29 is 13.9 Å². The molecule has 1 heterocycles. The number of halogens is 4. The summed E-state index contributed by atoms with van der Waals surface area (Å²) in [4.78, 5) is 14.3. The number of hydrogen-bond donors (Lipinski definition) is 0. The van der Waals surface area contributed by atoms with Gasteiger partial charge in [0.05, 0.1) is 14.7 Å². The standard InChI is InChI=1S/C22H15Br2ClFNO2S/c23-18-9-14(10-19(24)21(18)29-11-13-2-1-3-16(26)8-13)22-27(20(28)12-30-22)17-6-4-15(25)5-7-17/h1-10,22H,11-12H2/t22-/m0/s1. The molecule has 1 aliphatic heterocycles. The first kappa shape index (κ1) is 21.7. The number of ether oxygens (including phenoxy) is 1. The van der Waals surface area contributed by atoms with Gasteiger partial charge in [0, 0.05) is 10.7 Å². The maximum Gasteiger partial charge on any atom is 0.238 e. The van der Waals surface area contributed by atoms with Crippen LogP contribution in [-0.4, -0.2) is 11.7 Å². The third kappa shape index (κ3) is 4.69. The van der Waals surface area contributed by atoms with Gasteiger partial charge in [0.2, 0.25) is 5.91 Å². The highest BCUT2D eigenvalue weighted by atomic mass is 79.9. The molecule has 0 aromatic heterocycles. The van der Waals surface area contributed by atoms with E-state index in [4.69, 9.17) is 16.3 Å². The molecule has 3 nitrogen and oxygen atoms in total.